The Kier molecular flexibility index (Phi) is 2.85. The number of imidazole rings is 1. The number of hydrogen-bond donors (Lipinski definition) is 2. The van der Waals surface area contributed by atoms with Crippen molar-refractivity contribution in [2.45, 2.75) is 19.3 Å². The van der Waals surface area contributed by atoms with Crippen molar-refractivity contribution in [1.82, 2.24) is 4.98 Å². The predicted octanol–water partition coefficient (Wildman–Crippen LogP) is 0.246. The molecule has 0 fully saturated rings. The number of aryl methyl sites for hydroxylation is 2. The van der Waals surface area contributed by atoms with Gasteiger partial charge in [-0.15, -0.1) is 0 Å². The van der Waals surface area contributed by atoms with Gasteiger partial charge in [0.05, 0.1) is 7.05 Å². The number of nitrogens with zero attached hydrogens (tertiary/aromatic N) is 1. The van der Waals surface area contributed by atoms with E-state index < -0.39 is 5.97 Å². The van der Waals surface area contributed by atoms with Crippen LogP contribution in [0.15, 0.2) is 12.4 Å². The topological polar surface area (TPSA) is 57.0 Å². The molecule has 66 valence electrons. The summed E-state index contributed by atoms with van der Waals surface area (Å²) >= 11 is 0. The van der Waals surface area contributed by atoms with Crippen LogP contribution in [0, 0.1) is 0 Å². The smallest absolute Gasteiger partial charge is 0.303 e. The van der Waals surface area contributed by atoms with Crippen molar-refractivity contribution in [3.05, 3.63) is 18.2 Å². The van der Waals surface area contributed by atoms with Crippen LogP contribution in [-0.4, -0.2) is 16.1 Å². The summed E-state index contributed by atoms with van der Waals surface area (Å²) in [5, 5.41) is 8.39. The number of aromatic amines is 1. The number of hydrogen-bond acceptors (Lipinski definition) is 1. The standard InChI is InChI=1S/C8H12N2O2/c1-10-6-5-9-7(10)3-2-4-8(11)12/h5-6H,2-4H2,1H3,(H,11,12)/p+1. The second kappa shape index (κ2) is 3.90. The molecule has 0 aromatic carbocycles. The zero-order valence-corrected chi connectivity index (χ0v) is 7.08. The van der Waals surface area contributed by atoms with Crippen LogP contribution in [0.1, 0.15) is 18.7 Å². The lowest BCUT2D eigenvalue weighted by molar-refractivity contribution is -0.677. The molecule has 1 aromatic heterocycles. The number of rotatable bonds is 4. The molecule has 0 unspecified atom stereocenters. The number of aliphatic carboxylic acids is 1. The van der Waals surface area contributed by atoms with E-state index >= 15 is 0 Å². The van der Waals surface area contributed by atoms with E-state index in [1.54, 1.807) is 0 Å². The Morgan fingerprint density at radius 2 is 2.50 bits per heavy atom. The van der Waals surface area contributed by atoms with Gasteiger partial charge in [0, 0.05) is 12.8 Å². The molecule has 1 aromatic rings. The van der Waals surface area contributed by atoms with Crippen LogP contribution in [-0.2, 0) is 18.3 Å². The molecule has 1 rings (SSSR count). The highest BCUT2D eigenvalue weighted by Crippen LogP contribution is 1.96. The zero-order chi connectivity index (χ0) is 8.97. The molecule has 12 heavy (non-hydrogen) atoms. The van der Waals surface area contributed by atoms with Crippen LogP contribution >= 0.6 is 0 Å². The summed E-state index contributed by atoms with van der Waals surface area (Å²) in [6, 6.07) is 0. The minimum atomic E-state index is -0.732. The molecule has 0 radical (unpaired) electrons. The van der Waals surface area contributed by atoms with Crippen molar-refractivity contribution in [2.24, 2.45) is 7.05 Å². The highest BCUT2D eigenvalue weighted by molar-refractivity contribution is 5.66. The Hall–Kier alpha value is -1.32. The van der Waals surface area contributed by atoms with Crippen molar-refractivity contribution in [3.63, 3.8) is 0 Å². The predicted molar refractivity (Wildman–Crippen MR) is 42.5 cm³/mol. The molecule has 0 aliphatic carbocycles. The summed E-state index contributed by atoms with van der Waals surface area (Å²) in [5.74, 6) is 0.334. The van der Waals surface area contributed by atoms with Crippen LogP contribution < -0.4 is 4.57 Å². The van der Waals surface area contributed by atoms with Crippen molar-refractivity contribution in [1.29, 1.82) is 0 Å². The van der Waals surface area contributed by atoms with Crippen LogP contribution in [0.5, 0.6) is 0 Å². The Morgan fingerprint density at radius 1 is 1.75 bits per heavy atom. The molecule has 2 N–H and O–H groups in total. The molecule has 1 heterocycles. The maximum Gasteiger partial charge on any atom is 0.303 e. The van der Waals surface area contributed by atoms with Gasteiger partial charge < -0.3 is 5.11 Å². The van der Waals surface area contributed by atoms with Crippen molar-refractivity contribution in [3.8, 4) is 0 Å². The fourth-order valence-corrected chi connectivity index (χ4v) is 1.09. The van der Waals surface area contributed by atoms with Crippen LogP contribution in [0.3, 0.4) is 0 Å². The maximum absolute atomic E-state index is 10.2. The molecule has 0 spiro atoms. The lowest BCUT2D eigenvalue weighted by Gasteiger charge is -1.92. The van der Waals surface area contributed by atoms with E-state index in [4.69, 9.17) is 5.11 Å². The molecule has 0 atom stereocenters. The van der Waals surface area contributed by atoms with Crippen molar-refractivity contribution in [2.75, 3.05) is 0 Å². The van der Waals surface area contributed by atoms with Gasteiger partial charge in [-0.1, -0.05) is 0 Å². The summed E-state index contributed by atoms with van der Waals surface area (Å²) in [6.07, 6.45) is 5.46. The van der Waals surface area contributed by atoms with E-state index in [-0.39, 0.29) is 6.42 Å². The first-order valence-electron chi connectivity index (χ1n) is 3.94. The monoisotopic (exact) mass is 169 g/mol. The summed E-state index contributed by atoms with van der Waals surface area (Å²) in [6.45, 7) is 0. The molecular weight excluding hydrogens is 156 g/mol. The van der Waals surface area contributed by atoms with Gasteiger partial charge in [-0.05, 0) is 6.42 Å². The SMILES string of the molecule is C[n+]1cc[nH]c1CCCC(=O)O. The number of carboxylic acid groups (broad SMARTS) is 1. The lowest BCUT2D eigenvalue weighted by atomic mass is 10.2. The van der Waals surface area contributed by atoms with Crippen LogP contribution in [0.25, 0.3) is 0 Å². The third-order valence-electron chi connectivity index (χ3n) is 1.78. The lowest BCUT2D eigenvalue weighted by Crippen LogP contribution is -2.30. The van der Waals surface area contributed by atoms with E-state index in [0.29, 0.717) is 6.42 Å². The highest BCUT2D eigenvalue weighted by Gasteiger charge is 2.06. The third-order valence-corrected chi connectivity index (χ3v) is 1.78. The van der Waals surface area contributed by atoms with E-state index in [9.17, 15) is 4.79 Å². The van der Waals surface area contributed by atoms with Crippen molar-refractivity contribution < 1.29 is 14.5 Å². The van der Waals surface area contributed by atoms with E-state index in [2.05, 4.69) is 4.98 Å². The molecule has 0 amide bonds. The first-order valence-corrected chi connectivity index (χ1v) is 3.94. The molecule has 0 bridgehead atoms. The summed E-state index contributed by atoms with van der Waals surface area (Å²) < 4.78 is 1.96. The largest absolute Gasteiger partial charge is 0.481 e. The molecule has 4 nitrogen and oxygen atoms in total. The molecule has 4 heteroatoms. The first-order chi connectivity index (χ1) is 5.70. The average Bonchev–Trinajstić information content (AvgIpc) is 2.36. The van der Waals surface area contributed by atoms with Gasteiger partial charge in [-0.3, -0.25) is 4.79 Å². The molecule has 0 saturated heterocycles. The number of aromatic nitrogens is 2. The third kappa shape index (κ3) is 2.38. The average molecular weight is 169 g/mol. The number of H-pyrrole nitrogens is 1. The number of nitrogens with one attached hydrogen (secondary N) is 1. The molecule has 0 aliphatic heterocycles. The van der Waals surface area contributed by atoms with E-state index in [1.807, 2.05) is 24.0 Å². The fourth-order valence-electron chi connectivity index (χ4n) is 1.09. The summed E-state index contributed by atoms with van der Waals surface area (Å²) in [4.78, 5) is 13.2. The maximum atomic E-state index is 10.2. The van der Waals surface area contributed by atoms with Gasteiger partial charge in [-0.2, -0.15) is 0 Å². The fraction of sp³-hybridized carbons (Fsp3) is 0.500. The van der Waals surface area contributed by atoms with Gasteiger partial charge in [-0.25, -0.2) is 9.55 Å². The van der Waals surface area contributed by atoms with Gasteiger partial charge in [0.25, 0.3) is 5.82 Å². The van der Waals surface area contributed by atoms with Gasteiger partial charge in [0.15, 0.2) is 0 Å². The van der Waals surface area contributed by atoms with E-state index in [0.717, 1.165) is 12.2 Å². The number of carboxylic acids is 1. The number of carbonyl (C=O) groups is 1. The normalized spacial score (nSPS) is 10.1. The van der Waals surface area contributed by atoms with Gasteiger partial charge in [0.1, 0.15) is 12.4 Å². The summed E-state index contributed by atoms with van der Waals surface area (Å²) in [5.41, 5.74) is 0. The molecule has 0 aliphatic rings. The van der Waals surface area contributed by atoms with Crippen LogP contribution in [0.4, 0.5) is 0 Å². The van der Waals surface area contributed by atoms with Crippen LogP contribution in [0.2, 0.25) is 0 Å². The Balaban J connectivity index is 2.33. The summed E-state index contributed by atoms with van der Waals surface area (Å²) in [7, 11) is 1.94. The second-order valence-corrected chi connectivity index (χ2v) is 2.76. The highest BCUT2D eigenvalue weighted by atomic mass is 16.4. The molecule has 0 saturated carbocycles. The van der Waals surface area contributed by atoms with Gasteiger partial charge >= 0.3 is 5.97 Å². The minimum absolute atomic E-state index is 0.235. The van der Waals surface area contributed by atoms with Crippen molar-refractivity contribution >= 4 is 5.97 Å². The Bertz CT molecular complexity index is 268. The minimum Gasteiger partial charge on any atom is -0.481 e. The second-order valence-electron chi connectivity index (χ2n) is 2.76. The van der Waals surface area contributed by atoms with Gasteiger partial charge in [0.2, 0.25) is 0 Å². The quantitative estimate of drug-likeness (QED) is 0.634. The first kappa shape index (κ1) is 8.77. The zero-order valence-electron chi connectivity index (χ0n) is 7.08. The Labute approximate surface area is 70.9 Å². The van der Waals surface area contributed by atoms with E-state index in [1.165, 1.54) is 0 Å². The Morgan fingerprint density at radius 3 is 3.00 bits per heavy atom. The molecular formula is C8H13N2O2+.